The van der Waals surface area contributed by atoms with Crippen LogP contribution in [-0.2, 0) is 0 Å². The number of carbonyl (C=O) groups excluding carboxylic acids is 1. The molecule has 0 bridgehead atoms. The van der Waals surface area contributed by atoms with E-state index >= 15 is 0 Å². The van der Waals surface area contributed by atoms with Crippen LogP contribution in [0.4, 0.5) is 0 Å². The van der Waals surface area contributed by atoms with E-state index in [0.29, 0.717) is 17.4 Å². The van der Waals surface area contributed by atoms with E-state index in [1.54, 1.807) is 6.07 Å². The van der Waals surface area contributed by atoms with Crippen molar-refractivity contribution in [2.45, 2.75) is 26.3 Å². The number of amides is 1. The Hall–Kier alpha value is -2.15. The highest BCUT2D eigenvalue weighted by molar-refractivity contribution is 5.97. The minimum absolute atomic E-state index is 0.0457. The Balaban J connectivity index is 2.12. The summed E-state index contributed by atoms with van der Waals surface area (Å²) in [5.74, 6) is 0.538. The number of hydrogen-bond acceptors (Lipinski definition) is 6. The molecule has 22 heavy (non-hydrogen) atoms. The van der Waals surface area contributed by atoms with Gasteiger partial charge in [-0.1, -0.05) is 19.0 Å². The van der Waals surface area contributed by atoms with Gasteiger partial charge in [0.2, 0.25) is 0 Å². The molecule has 1 amide bonds. The lowest BCUT2D eigenvalue weighted by Crippen LogP contribution is -2.42. The van der Waals surface area contributed by atoms with Crippen LogP contribution in [0.3, 0.4) is 0 Å². The molecular weight excluding hydrogens is 284 g/mol. The standard InChI is InChI=1S/C15H22N4O3/c1-10(2)7-11(8-19(3)4)17-15(20)13-14(21-9-16-13)12-5-6-22-18-12/h5-6,9-11H,7-8H2,1-4H3,(H,17,20)/t11-/m0/s1. The molecule has 2 aromatic rings. The number of nitrogens with one attached hydrogen (secondary N) is 1. The van der Waals surface area contributed by atoms with Gasteiger partial charge in [0, 0.05) is 18.7 Å². The van der Waals surface area contributed by atoms with Crippen LogP contribution in [0, 0.1) is 5.92 Å². The van der Waals surface area contributed by atoms with Gasteiger partial charge in [-0.3, -0.25) is 4.79 Å². The summed E-state index contributed by atoms with van der Waals surface area (Å²) < 4.78 is 10.1. The summed E-state index contributed by atoms with van der Waals surface area (Å²) in [5, 5.41) is 6.80. The Bertz CT molecular complexity index is 580. The summed E-state index contributed by atoms with van der Waals surface area (Å²) in [6.45, 7) is 5.03. The van der Waals surface area contributed by atoms with E-state index in [1.165, 1.54) is 12.7 Å². The average molecular weight is 306 g/mol. The van der Waals surface area contributed by atoms with Gasteiger partial charge in [-0.2, -0.15) is 0 Å². The second-order valence-electron chi connectivity index (χ2n) is 5.98. The molecular formula is C15H22N4O3. The predicted octanol–water partition coefficient (Wildman–Crippen LogP) is 2.04. The number of likely N-dealkylation sites (N-methyl/N-ethyl adjacent to an activating group) is 1. The second kappa shape index (κ2) is 7.22. The molecule has 7 nitrogen and oxygen atoms in total. The van der Waals surface area contributed by atoms with Crippen LogP contribution in [0.2, 0.25) is 0 Å². The van der Waals surface area contributed by atoms with Gasteiger partial charge in [0.15, 0.2) is 23.5 Å². The van der Waals surface area contributed by atoms with Crippen LogP contribution in [0.15, 0.2) is 27.7 Å². The maximum Gasteiger partial charge on any atom is 0.274 e. The second-order valence-corrected chi connectivity index (χ2v) is 5.98. The van der Waals surface area contributed by atoms with Gasteiger partial charge < -0.3 is 19.2 Å². The van der Waals surface area contributed by atoms with Crippen molar-refractivity contribution in [1.82, 2.24) is 20.4 Å². The molecule has 0 aliphatic rings. The zero-order valence-corrected chi connectivity index (χ0v) is 13.4. The van der Waals surface area contributed by atoms with Crippen LogP contribution in [0.1, 0.15) is 30.8 Å². The molecule has 0 spiro atoms. The lowest BCUT2D eigenvalue weighted by Gasteiger charge is -2.23. The molecule has 0 aliphatic carbocycles. The largest absolute Gasteiger partial charge is 0.441 e. The molecule has 1 atom stereocenters. The number of aromatic nitrogens is 2. The van der Waals surface area contributed by atoms with Gasteiger partial charge in [0.05, 0.1) is 0 Å². The van der Waals surface area contributed by atoms with Gasteiger partial charge in [0.1, 0.15) is 6.26 Å². The number of hydrogen-bond donors (Lipinski definition) is 1. The van der Waals surface area contributed by atoms with Gasteiger partial charge in [-0.25, -0.2) is 4.98 Å². The Kier molecular flexibility index (Phi) is 5.32. The quantitative estimate of drug-likeness (QED) is 0.842. The SMILES string of the molecule is CC(C)C[C@@H](CN(C)C)NC(=O)c1ncoc1-c1ccon1. The first-order valence-corrected chi connectivity index (χ1v) is 7.27. The van der Waals surface area contributed by atoms with Gasteiger partial charge in [-0.15, -0.1) is 0 Å². The fraction of sp³-hybridized carbons (Fsp3) is 0.533. The molecule has 2 heterocycles. The molecule has 0 fully saturated rings. The molecule has 0 radical (unpaired) electrons. The van der Waals surface area contributed by atoms with Crippen LogP contribution in [-0.4, -0.2) is 47.6 Å². The summed E-state index contributed by atoms with van der Waals surface area (Å²) in [6.07, 6.45) is 3.55. The number of oxazole rings is 1. The fourth-order valence-corrected chi connectivity index (χ4v) is 2.36. The highest BCUT2D eigenvalue weighted by atomic mass is 16.5. The first-order chi connectivity index (χ1) is 10.5. The third-order valence-corrected chi connectivity index (χ3v) is 3.13. The Morgan fingerprint density at radius 2 is 2.18 bits per heavy atom. The smallest absolute Gasteiger partial charge is 0.274 e. The van der Waals surface area contributed by atoms with E-state index in [4.69, 9.17) is 8.94 Å². The minimum Gasteiger partial charge on any atom is -0.441 e. The molecule has 2 aromatic heterocycles. The number of nitrogens with zero attached hydrogens (tertiary/aromatic N) is 3. The monoisotopic (exact) mass is 306 g/mol. The van der Waals surface area contributed by atoms with Crippen molar-refractivity contribution < 1.29 is 13.7 Å². The van der Waals surface area contributed by atoms with Gasteiger partial charge in [0.25, 0.3) is 5.91 Å². The summed E-state index contributed by atoms with van der Waals surface area (Å²) in [7, 11) is 3.97. The summed E-state index contributed by atoms with van der Waals surface area (Å²) in [6, 6.07) is 1.67. The van der Waals surface area contributed by atoms with Crippen LogP contribution in [0.25, 0.3) is 11.5 Å². The maximum atomic E-state index is 12.5. The summed E-state index contributed by atoms with van der Waals surface area (Å²) >= 11 is 0. The van der Waals surface area contributed by atoms with E-state index in [2.05, 4.69) is 34.2 Å². The van der Waals surface area contributed by atoms with Crippen LogP contribution < -0.4 is 5.32 Å². The topological polar surface area (TPSA) is 84.4 Å². The molecule has 7 heteroatoms. The normalized spacial score (nSPS) is 12.8. The molecule has 0 saturated carbocycles. The minimum atomic E-state index is -0.265. The first kappa shape index (κ1) is 16.2. The highest BCUT2D eigenvalue weighted by Crippen LogP contribution is 2.21. The number of rotatable bonds is 7. The highest BCUT2D eigenvalue weighted by Gasteiger charge is 2.23. The summed E-state index contributed by atoms with van der Waals surface area (Å²) in [4.78, 5) is 18.5. The van der Waals surface area contributed by atoms with E-state index < -0.39 is 0 Å². The lowest BCUT2D eigenvalue weighted by molar-refractivity contribution is 0.0920. The first-order valence-electron chi connectivity index (χ1n) is 7.27. The van der Waals surface area contributed by atoms with Crippen molar-refractivity contribution in [2.24, 2.45) is 5.92 Å². The summed E-state index contributed by atoms with van der Waals surface area (Å²) in [5.41, 5.74) is 0.678. The molecule has 0 saturated heterocycles. The van der Waals surface area contributed by atoms with Crippen LogP contribution in [0.5, 0.6) is 0 Å². The zero-order chi connectivity index (χ0) is 16.1. The predicted molar refractivity (Wildman–Crippen MR) is 81.3 cm³/mol. The molecule has 120 valence electrons. The zero-order valence-electron chi connectivity index (χ0n) is 13.4. The Labute approximate surface area is 129 Å². The third kappa shape index (κ3) is 4.17. The Morgan fingerprint density at radius 3 is 2.77 bits per heavy atom. The molecule has 0 aliphatic heterocycles. The molecule has 2 rings (SSSR count). The van der Waals surface area contributed by atoms with Crippen molar-refractivity contribution in [3.05, 3.63) is 24.4 Å². The van der Waals surface area contributed by atoms with E-state index in [1.807, 2.05) is 14.1 Å². The third-order valence-electron chi connectivity index (χ3n) is 3.13. The van der Waals surface area contributed by atoms with Gasteiger partial charge in [-0.05, 0) is 26.4 Å². The average Bonchev–Trinajstić information content (AvgIpc) is 3.08. The van der Waals surface area contributed by atoms with Crippen molar-refractivity contribution >= 4 is 5.91 Å². The van der Waals surface area contributed by atoms with Crippen molar-refractivity contribution in [1.29, 1.82) is 0 Å². The maximum absolute atomic E-state index is 12.5. The Morgan fingerprint density at radius 1 is 1.41 bits per heavy atom. The van der Waals surface area contributed by atoms with E-state index in [0.717, 1.165) is 13.0 Å². The molecule has 0 aromatic carbocycles. The van der Waals surface area contributed by atoms with E-state index in [9.17, 15) is 4.79 Å². The molecule has 1 N–H and O–H groups in total. The fourth-order valence-electron chi connectivity index (χ4n) is 2.36. The van der Waals surface area contributed by atoms with Crippen molar-refractivity contribution in [2.75, 3.05) is 20.6 Å². The number of carbonyl (C=O) groups is 1. The van der Waals surface area contributed by atoms with E-state index in [-0.39, 0.29) is 17.6 Å². The molecule has 0 unspecified atom stereocenters. The van der Waals surface area contributed by atoms with Crippen LogP contribution >= 0.6 is 0 Å². The lowest BCUT2D eigenvalue weighted by atomic mass is 10.0. The van der Waals surface area contributed by atoms with Crippen molar-refractivity contribution in [3.63, 3.8) is 0 Å². The van der Waals surface area contributed by atoms with Crippen molar-refractivity contribution in [3.8, 4) is 11.5 Å². The van der Waals surface area contributed by atoms with Gasteiger partial charge >= 0.3 is 0 Å².